The fourth-order valence-corrected chi connectivity index (χ4v) is 5.43. The Kier molecular flexibility index (Phi) is 4.44. The molecule has 1 atom stereocenters. The fourth-order valence-electron chi connectivity index (χ4n) is 4.62. The summed E-state index contributed by atoms with van der Waals surface area (Å²) in [6.45, 7) is 5.20. The van der Waals surface area contributed by atoms with Gasteiger partial charge in [0.25, 0.3) is 0 Å². The molecule has 5 rings (SSSR count). The van der Waals surface area contributed by atoms with E-state index in [0.717, 1.165) is 55.1 Å². The van der Waals surface area contributed by atoms with Crippen LogP contribution >= 0.6 is 11.3 Å². The predicted molar refractivity (Wildman–Crippen MR) is 114 cm³/mol. The van der Waals surface area contributed by atoms with Crippen molar-refractivity contribution >= 4 is 33.1 Å². The quantitative estimate of drug-likeness (QED) is 0.692. The Bertz CT molecular complexity index is 1010. The summed E-state index contributed by atoms with van der Waals surface area (Å²) in [6.07, 6.45) is 3.29. The molecule has 1 amide bonds. The molecule has 1 unspecified atom stereocenters. The summed E-state index contributed by atoms with van der Waals surface area (Å²) in [5, 5.41) is 4.20. The minimum Gasteiger partial charge on any atom is -0.326 e. The number of thiazole rings is 1. The number of hydrogen-bond donors (Lipinski definition) is 1. The van der Waals surface area contributed by atoms with Crippen molar-refractivity contribution < 1.29 is 4.79 Å². The second-order valence-electron chi connectivity index (χ2n) is 8.29. The Hall–Kier alpha value is -2.24. The Morgan fingerprint density at radius 3 is 2.79 bits per heavy atom. The van der Waals surface area contributed by atoms with Gasteiger partial charge in [-0.1, -0.05) is 30.3 Å². The zero-order valence-electron chi connectivity index (χ0n) is 16.1. The number of fused-ring (bicyclic) bond motifs is 1. The molecule has 1 spiro atoms. The number of carbonyl (C=O) groups excluding carboxylic acids is 1. The van der Waals surface area contributed by atoms with Crippen molar-refractivity contribution in [1.29, 1.82) is 0 Å². The number of likely N-dealkylation sites (tertiary alicyclic amines) is 1. The van der Waals surface area contributed by atoms with Gasteiger partial charge in [-0.3, -0.25) is 9.69 Å². The molecule has 1 aliphatic heterocycles. The molecular weight excluding hydrogens is 366 g/mol. The third kappa shape index (κ3) is 3.45. The molecule has 2 heterocycles. The van der Waals surface area contributed by atoms with Crippen molar-refractivity contribution in [2.45, 2.75) is 32.7 Å². The molecule has 0 radical (unpaired) electrons. The Morgan fingerprint density at radius 2 is 2.00 bits per heavy atom. The molecular formula is C23H25N3OS. The number of nitrogens with one attached hydrogen (secondary N) is 1. The van der Waals surface area contributed by atoms with Crippen LogP contribution in [-0.2, 0) is 11.3 Å². The fraction of sp³-hybridized carbons (Fsp3) is 0.391. The van der Waals surface area contributed by atoms with Gasteiger partial charge in [0.2, 0.25) is 5.91 Å². The zero-order valence-corrected chi connectivity index (χ0v) is 17.0. The monoisotopic (exact) mass is 391 g/mol. The summed E-state index contributed by atoms with van der Waals surface area (Å²) in [7, 11) is 0. The number of anilines is 1. The van der Waals surface area contributed by atoms with Gasteiger partial charge in [0, 0.05) is 18.2 Å². The van der Waals surface area contributed by atoms with Gasteiger partial charge < -0.3 is 5.32 Å². The molecule has 144 valence electrons. The normalized spacial score (nSPS) is 21.1. The van der Waals surface area contributed by atoms with Crippen molar-refractivity contribution in [2.75, 3.05) is 18.4 Å². The van der Waals surface area contributed by atoms with Crippen molar-refractivity contribution in [2.24, 2.45) is 11.3 Å². The van der Waals surface area contributed by atoms with Crippen LogP contribution in [0.15, 0.2) is 48.5 Å². The largest absolute Gasteiger partial charge is 0.326 e. The molecule has 4 nitrogen and oxygen atoms in total. The topological polar surface area (TPSA) is 45.2 Å². The third-order valence-corrected chi connectivity index (χ3v) is 7.32. The van der Waals surface area contributed by atoms with Crippen LogP contribution in [0, 0.1) is 18.3 Å². The number of aryl methyl sites for hydroxylation is 1. The average molecular weight is 392 g/mol. The van der Waals surface area contributed by atoms with Gasteiger partial charge >= 0.3 is 0 Å². The van der Waals surface area contributed by atoms with Crippen LogP contribution in [0.5, 0.6) is 0 Å². The van der Waals surface area contributed by atoms with Gasteiger partial charge in [-0.25, -0.2) is 4.98 Å². The molecule has 28 heavy (non-hydrogen) atoms. The van der Waals surface area contributed by atoms with E-state index in [1.165, 1.54) is 10.3 Å². The van der Waals surface area contributed by atoms with E-state index in [-0.39, 0.29) is 17.2 Å². The summed E-state index contributed by atoms with van der Waals surface area (Å²) < 4.78 is 1.17. The molecule has 3 aromatic rings. The molecule has 2 fully saturated rings. The maximum atomic E-state index is 12.8. The number of carbonyl (C=O) groups is 1. The number of amides is 1. The smallest absolute Gasteiger partial charge is 0.228 e. The lowest BCUT2D eigenvalue weighted by Crippen LogP contribution is -2.35. The molecule has 1 aromatic heterocycles. The SMILES string of the molecule is Cc1nc2cc(NC(=O)C3CC34CCN(Cc3ccccc3)CC4)ccc2s1. The summed E-state index contributed by atoms with van der Waals surface area (Å²) in [5.41, 5.74) is 3.45. The van der Waals surface area contributed by atoms with Gasteiger partial charge in [0.1, 0.15) is 0 Å². The van der Waals surface area contributed by atoms with Crippen LogP contribution in [0.2, 0.25) is 0 Å². The number of aromatic nitrogens is 1. The minimum absolute atomic E-state index is 0.166. The molecule has 2 aromatic carbocycles. The first-order valence-electron chi connectivity index (χ1n) is 10.1. The van der Waals surface area contributed by atoms with E-state index in [9.17, 15) is 4.79 Å². The second kappa shape index (κ2) is 6.98. The van der Waals surface area contributed by atoms with Gasteiger partial charge in [-0.15, -0.1) is 11.3 Å². The molecule has 5 heteroatoms. The Balaban J connectivity index is 1.18. The number of rotatable bonds is 4. The molecule has 0 bridgehead atoms. The maximum Gasteiger partial charge on any atom is 0.228 e. The maximum absolute atomic E-state index is 12.8. The van der Waals surface area contributed by atoms with Crippen molar-refractivity contribution in [3.05, 3.63) is 59.1 Å². The molecule has 1 saturated heterocycles. The van der Waals surface area contributed by atoms with Crippen LogP contribution in [0.4, 0.5) is 5.69 Å². The lowest BCUT2D eigenvalue weighted by atomic mass is 9.90. The van der Waals surface area contributed by atoms with Crippen LogP contribution in [0.3, 0.4) is 0 Å². The number of hydrogen-bond acceptors (Lipinski definition) is 4. The standard InChI is InChI=1S/C23H25N3OS/c1-16-24-20-13-18(7-8-21(20)28-16)25-22(27)19-14-23(19)9-11-26(12-10-23)15-17-5-3-2-4-6-17/h2-8,13,19H,9-12,14-15H2,1H3,(H,25,27). The first-order valence-corrected chi connectivity index (χ1v) is 10.9. The summed E-state index contributed by atoms with van der Waals surface area (Å²) in [5.74, 6) is 0.349. The average Bonchev–Trinajstić information content (AvgIpc) is 3.27. The van der Waals surface area contributed by atoms with E-state index >= 15 is 0 Å². The molecule has 1 aliphatic carbocycles. The van der Waals surface area contributed by atoms with Gasteiger partial charge in [-0.05, 0) is 68.5 Å². The van der Waals surface area contributed by atoms with Crippen molar-refractivity contribution in [3.63, 3.8) is 0 Å². The van der Waals surface area contributed by atoms with Crippen LogP contribution in [0.25, 0.3) is 10.2 Å². The summed E-state index contributed by atoms with van der Waals surface area (Å²) >= 11 is 1.69. The van der Waals surface area contributed by atoms with E-state index in [2.05, 4.69) is 51.6 Å². The minimum atomic E-state index is 0.166. The second-order valence-corrected chi connectivity index (χ2v) is 9.52. The van der Waals surface area contributed by atoms with Gasteiger partial charge in [0.15, 0.2) is 0 Å². The first-order chi connectivity index (χ1) is 13.6. The van der Waals surface area contributed by atoms with Crippen LogP contribution in [0.1, 0.15) is 29.8 Å². The zero-order chi connectivity index (χ0) is 19.1. The van der Waals surface area contributed by atoms with Crippen molar-refractivity contribution in [1.82, 2.24) is 9.88 Å². The van der Waals surface area contributed by atoms with Gasteiger partial charge in [0.05, 0.1) is 15.2 Å². The molecule has 1 saturated carbocycles. The van der Waals surface area contributed by atoms with Crippen LogP contribution < -0.4 is 5.32 Å². The summed E-state index contributed by atoms with van der Waals surface area (Å²) in [6, 6.07) is 16.7. The van der Waals surface area contributed by atoms with E-state index < -0.39 is 0 Å². The number of benzene rings is 2. The van der Waals surface area contributed by atoms with Crippen LogP contribution in [-0.4, -0.2) is 28.9 Å². The van der Waals surface area contributed by atoms with Crippen molar-refractivity contribution in [3.8, 4) is 0 Å². The molecule has 1 N–H and O–H groups in total. The van der Waals surface area contributed by atoms with Gasteiger partial charge in [-0.2, -0.15) is 0 Å². The lowest BCUT2D eigenvalue weighted by molar-refractivity contribution is -0.118. The Labute approximate surface area is 169 Å². The number of piperidine rings is 1. The predicted octanol–water partition coefficient (Wildman–Crippen LogP) is 4.85. The van der Waals surface area contributed by atoms with E-state index in [1.807, 2.05) is 19.1 Å². The highest BCUT2D eigenvalue weighted by Gasteiger charge is 2.58. The van der Waals surface area contributed by atoms with E-state index in [1.54, 1.807) is 11.3 Å². The Morgan fingerprint density at radius 1 is 1.21 bits per heavy atom. The highest BCUT2D eigenvalue weighted by atomic mass is 32.1. The van der Waals surface area contributed by atoms with E-state index in [4.69, 9.17) is 0 Å². The number of nitrogens with zero attached hydrogens (tertiary/aromatic N) is 2. The highest BCUT2D eigenvalue weighted by molar-refractivity contribution is 7.18. The third-order valence-electron chi connectivity index (χ3n) is 6.37. The van der Waals surface area contributed by atoms with E-state index in [0.29, 0.717) is 0 Å². The highest BCUT2D eigenvalue weighted by Crippen LogP contribution is 2.59. The lowest BCUT2D eigenvalue weighted by Gasteiger charge is -2.32. The summed E-state index contributed by atoms with van der Waals surface area (Å²) in [4.78, 5) is 19.9. The first kappa shape index (κ1) is 17.8. The molecule has 2 aliphatic rings.